The van der Waals surface area contributed by atoms with Crippen LogP contribution in [0.25, 0.3) is 0 Å². The van der Waals surface area contributed by atoms with Crippen molar-refractivity contribution in [1.29, 1.82) is 0 Å². The number of hydrogen-bond donors (Lipinski definition) is 3. The predicted octanol–water partition coefficient (Wildman–Crippen LogP) is 16.1. The lowest BCUT2D eigenvalue weighted by molar-refractivity contribution is -0.301. The van der Waals surface area contributed by atoms with Crippen LogP contribution in [0, 0.1) is 0 Å². The summed E-state index contributed by atoms with van der Waals surface area (Å²) in [6.07, 6.45) is 54.3. The van der Waals surface area contributed by atoms with Gasteiger partial charge in [-0.15, -0.1) is 0 Å². The van der Waals surface area contributed by atoms with E-state index in [-0.39, 0.29) is 25.9 Å². The standard InChI is InChI=1S/C65H110O12/c1-4-7-10-13-16-19-22-25-27-29-31-34-36-39-42-45-48-51-57(66)73-54-56(75-58(67)52-49-46-43-40-37-33-24-21-18-15-12-9-6-3)55-74-65-63(61(70)60(69)62(77-65)64(71)72)76-59(68)53-50-47-44-41-38-35-32-30-28-26-23-20-17-14-11-8-5-2/h8,11,17,20-21,24-28,32,35,56,60-63,65,69-70H,4-7,9-10,12-16,18-19,22-23,29-31,33-34,36-55H2,1-3H3,(H,71,72)/b11-8-,20-17-,24-21-,27-25-,28-26-,35-32-. The summed E-state index contributed by atoms with van der Waals surface area (Å²) >= 11 is 0. The summed E-state index contributed by atoms with van der Waals surface area (Å²) in [4.78, 5) is 51.2. The number of carbonyl (C=O) groups is 4. The highest BCUT2D eigenvalue weighted by atomic mass is 16.7. The van der Waals surface area contributed by atoms with E-state index in [1.165, 1.54) is 89.9 Å². The minimum atomic E-state index is -1.92. The smallest absolute Gasteiger partial charge is 0.335 e. The molecule has 0 amide bonds. The molecule has 0 aliphatic carbocycles. The number of carboxylic acid groups (broad SMARTS) is 1. The van der Waals surface area contributed by atoms with Gasteiger partial charge in [0.15, 0.2) is 24.6 Å². The Bertz CT molecular complexity index is 1620. The van der Waals surface area contributed by atoms with Crippen molar-refractivity contribution in [3.05, 3.63) is 72.9 Å². The monoisotopic (exact) mass is 1080 g/mol. The molecular formula is C65H110O12. The highest BCUT2D eigenvalue weighted by Gasteiger charge is 2.50. The summed E-state index contributed by atoms with van der Waals surface area (Å²) in [5, 5.41) is 31.5. The Labute approximate surface area is 468 Å². The summed E-state index contributed by atoms with van der Waals surface area (Å²) in [6.45, 7) is 5.85. The molecule has 0 aromatic heterocycles. The van der Waals surface area contributed by atoms with Crippen LogP contribution in [-0.4, -0.2) is 89.2 Å². The Kier molecular flexibility index (Phi) is 48.8. The van der Waals surface area contributed by atoms with Crippen LogP contribution in [0.1, 0.15) is 265 Å². The Balaban J connectivity index is 2.69. The lowest BCUT2D eigenvalue weighted by Gasteiger charge is -2.40. The number of aliphatic hydroxyl groups excluding tert-OH is 2. The summed E-state index contributed by atoms with van der Waals surface area (Å²) < 4.78 is 28.4. The van der Waals surface area contributed by atoms with Crippen molar-refractivity contribution >= 4 is 23.9 Å². The van der Waals surface area contributed by atoms with Crippen molar-refractivity contribution < 1.29 is 58.2 Å². The Morgan fingerprint density at radius 3 is 1.27 bits per heavy atom. The van der Waals surface area contributed by atoms with E-state index in [1.54, 1.807) is 0 Å². The van der Waals surface area contributed by atoms with Crippen LogP contribution in [-0.2, 0) is 42.9 Å². The molecule has 12 nitrogen and oxygen atoms in total. The Morgan fingerprint density at radius 1 is 0.442 bits per heavy atom. The average molecular weight is 1080 g/mol. The molecule has 1 saturated heterocycles. The zero-order valence-electron chi connectivity index (χ0n) is 48.7. The van der Waals surface area contributed by atoms with E-state index in [1.807, 2.05) is 0 Å². The SMILES string of the molecule is CC/C=C\C/C=C\C/C=C\C/C=C\CCCCCCC(=O)OC1C(OCC(COC(=O)CCCCCCCCC/C=C\CCCCCCCC)OC(=O)CCCCCCC/C=C\CCCCCC)OC(C(=O)O)C(O)C1O. The molecule has 1 heterocycles. The van der Waals surface area contributed by atoms with E-state index in [9.17, 15) is 34.5 Å². The minimum Gasteiger partial charge on any atom is -0.479 e. The first kappa shape index (κ1) is 71.2. The van der Waals surface area contributed by atoms with Crippen molar-refractivity contribution in [2.45, 2.75) is 302 Å². The lowest BCUT2D eigenvalue weighted by atomic mass is 9.98. The van der Waals surface area contributed by atoms with E-state index in [2.05, 4.69) is 93.7 Å². The first-order chi connectivity index (χ1) is 37.6. The van der Waals surface area contributed by atoms with E-state index >= 15 is 0 Å². The van der Waals surface area contributed by atoms with Gasteiger partial charge < -0.3 is 39.0 Å². The molecular weight excluding hydrogens is 973 g/mol. The van der Waals surface area contributed by atoms with Crippen LogP contribution in [0.4, 0.5) is 0 Å². The number of hydrogen-bond acceptors (Lipinski definition) is 11. The highest BCUT2D eigenvalue weighted by molar-refractivity contribution is 5.74. The molecule has 3 N–H and O–H groups in total. The number of carbonyl (C=O) groups excluding carboxylic acids is 3. The fourth-order valence-electron chi connectivity index (χ4n) is 9.00. The maximum Gasteiger partial charge on any atom is 0.335 e. The van der Waals surface area contributed by atoms with Gasteiger partial charge in [0.2, 0.25) is 0 Å². The first-order valence-corrected chi connectivity index (χ1v) is 30.9. The van der Waals surface area contributed by atoms with Gasteiger partial charge in [-0.2, -0.15) is 0 Å². The van der Waals surface area contributed by atoms with Gasteiger partial charge in [0.1, 0.15) is 18.8 Å². The molecule has 1 rings (SSSR count). The quantitative estimate of drug-likeness (QED) is 0.0228. The van der Waals surface area contributed by atoms with Gasteiger partial charge in [0.05, 0.1) is 6.61 Å². The molecule has 1 fully saturated rings. The molecule has 1 aliphatic rings. The molecule has 1 aliphatic heterocycles. The largest absolute Gasteiger partial charge is 0.479 e. The third kappa shape index (κ3) is 42.7. The topological polar surface area (TPSA) is 175 Å². The van der Waals surface area contributed by atoms with Gasteiger partial charge in [0, 0.05) is 19.3 Å². The number of unbranched alkanes of at least 4 members (excludes halogenated alkanes) is 26. The zero-order chi connectivity index (χ0) is 56.1. The second-order valence-electron chi connectivity index (χ2n) is 20.9. The van der Waals surface area contributed by atoms with Crippen LogP contribution < -0.4 is 0 Å². The molecule has 6 atom stereocenters. The fraction of sp³-hybridized carbons (Fsp3) is 0.754. The van der Waals surface area contributed by atoms with E-state index in [0.29, 0.717) is 19.3 Å². The molecule has 0 aromatic rings. The number of aliphatic hydroxyl groups is 2. The van der Waals surface area contributed by atoms with Crippen LogP contribution in [0.2, 0.25) is 0 Å². The number of allylic oxidation sites excluding steroid dienone is 12. The molecule has 0 saturated carbocycles. The first-order valence-electron chi connectivity index (χ1n) is 30.9. The molecule has 12 heteroatoms. The molecule has 0 aromatic carbocycles. The number of rotatable bonds is 52. The number of esters is 3. The van der Waals surface area contributed by atoms with Crippen molar-refractivity contribution in [2.24, 2.45) is 0 Å². The Hall–Kier alpha value is -3.84. The molecule has 442 valence electrons. The van der Waals surface area contributed by atoms with Crippen LogP contribution in [0.5, 0.6) is 0 Å². The summed E-state index contributed by atoms with van der Waals surface area (Å²) in [7, 11) is 0. The molecule has 6 unspecified atom stereocenters. The van der Waals surface area contributed by atoms with E-state index < -0.39 is 67.3 Å². The summed E-state index contributed by atoms with van der Waals surface area (Å²) in [6, 6.07) is 0. The second-order valence-corrected chi connectivity index (χ2v) is 20.9. The van der Waals surface area contributed by atoms with Gasteiger partial charge in [0.25, 0.3) is 0 Å². The van der Waals surface area contributed by atoms with Gasteiger partial charge in [-0.1, -0.05) is 209 Å². The lowest BCUT2D eigenvalue weighted by Crippen LogP contribution is -2.61. The molecule has 0 radical (unpaired) electrons. The highest BCUT2D eigenvalue weighted by Crippen LogP contribution is 2.26. The zero-order valence-corrected chi connectivity index (χ0v) is 48.7. The second kappa shape index (κ2) is 52.8. The summed E-state index contributed by atoms with van der Waals surface area (Å²) in [5.74, 6) is -3.16. The van der Waals surface area contributed by atoms with Crippen molar-refractivity contribution in [2.75, 3.05) is 13.2 Å². The van der Waals surface area contributed by atoms with Gasteiger partial charge in [-0.25, -0.2) is 4.79 Å². The maximum absolute atomic E-state index is 13.1. The molecule has 0 spiro atoms. The van der Waals surface area contributed by atoms with Crippen LogP contribution >= 0.6 is 0 Å². The molecule has 0 bridgehead atoms. The van der Waals surface area contributed by atoms with Crippen molar-refractivity contribution in [3.8, 4) is 0 Å². The maximum atomic E-state index is 13.1. The minimum absolute atomic E-state index is 0.0298. The Morgan fingerprint density at radius 2 is 0.818 bits per heavy atom. The third-order valence-corrected chi connectivity index (χ3v) is 13.7. The number of carboxylic acids is 1. The van der Waals surface area contributed by atoms with E-state index in [4.69, 9.17) is 23.7 Å². The number of aliphatic carboxylic acids is 1. The van der Waals surface area contributed by atoms with Crippen LogP contribution in [0.15, 0.2) is 72.9 Å². The van der Waals surface area contributed by atoms with Crippen molar-refractivity contribution in [1.82, 2.24) is 0 Å². The van der Waals surface area contributed by atoms with Crippen molar-refractivity contribution in [3.63, 3.8) is 0 Å². The number of ether oxygens (including phenoxy) is 5. The normalized spacial score (nSPS) is 18.5. The fourth-order valence-corrected chi connectivity index (χ4v) is 9.00. The summed E-state index contributed by atoms with van der Waals surface area (Å²) in [5.41, 5.74) is 0. The molecule has 77 heavy (non-hydrogen) atoms. The van der Waals surface area contributed by atoms with E-state index in [0.717, 1.165) is 116 Å². The van der Waals surface area contributed by atoms with Crippen LogP contribution in [0.3, 0.4) is 0 Å². The van der Waals surface area contributed by atoms with Gasteiger partial charge in [-0.3, -0.25) is 14.4 Å². The van der Waals surface area contributed by atoms with Gasteiger partial charge >= 0.3 is 23.9 Å². The predicted molar refractivity (Wildman–Crippen MR) is 312 cm³/mol. The van der Waals surface area contributed by atoms with Gasteiger partial charge in [-0.05, 0) is 109 Å². The average Bonchev–Trinajstić information content (AvgIpc) is 3.42. The third-order valence-electron chi connectivity index (χ3n) is 13.7.